The first-order valence-electron chi connectivity index (χ1n) is 6.38. The molecule has 0 spiro atoms. The molecule has 1 heterocycles. The fourth-order valence-corrected chi connectivity index (χ4v) is 0.808. The van der Waals surface area contributed by atoms with Crippen LogP contribution in [0.3, 0.4) is 0 Å². The Balaban J connectivity index is -0.000000148. The zero-order chi connectivity index (χ0) is 11.7. The van der Waals surface area contributed by atoms with Gasteiger partial charge in [-0.1, -0.05) is 79.2 Å². The number of allylic oxidation sites excluding steroid dienone is 2. The van der Waals surface area contributed by atoms with E-state index in [0.717, 1.165) is 0 Å². The molecule has 0 saturated carbocycles. The zero-order valence-corrected chi connectivity index (χ0v) is 11.3. The van der Waals surface area contributed by atoms with Crippen molar-refractivity contribution in [3.8, 4) is 0 Å². The number of rotatable bonds is 0. The van der Waals surface area contributed by atoms with Gasteiger partial charge in [0.2, 0.25) is 0 Å². The SMILES string of the molecule is CC.CC.CCC.[B]1CC=CCCC1. The van der Waals surface area contributed by atoms with E-state index in [1.165, 1.54) is 31.9 Å². The third kappa shape index (κ3) is 29.8. The van der Waals surface area contributed by atoms with E-state index in [-0.39, 0.29) is 0 Å². The maximum absolute atomic E-state index is 2.34. The van der Waals surface area contributed by atoms with Gasteiger partial charge < -0.3 is 0 Å². The topological polar surface area (TPSA) is 0 Å². The molecule has 1 radical (unpaired) electrons. The Morgan fingerprint density at radius 1 is 1.00 bits per heavy atom. The van der Waals surface area contributed by atoms with Crippen molar-refractivity contribution in [3.63, 3.8) is 0 Å². The largest absolute Gasteiger partial charge is 0.114 e. The van der Waals surface area contributed by atoms with Crippen LogP contribution in [0.25, 0.3) is 0 Å². The van der Waals surface area contributed by atoms with Crippen LogP contribution >= 0.6 is 0 Å². The lowest BCUT2D eigenvalue weighted by atomic mass is 9.71. The molecule has 0 N–H and O–H groups in total. The van der Waals surface area contributed by atoms with Gasteiger partial charge in [0.05, 0.1) is 0 Å². The highest BCUT2D eigenvalue weighted by Crippen LogP contribution is 2.03. The minimum atomic E-state index is 1.19. The summed E-state index contributed by atoms with van der Waals surface area (Å²) in [6.07, 6.45) is 10.9. The van der Waals surface area contributed by atoms with Crippen LogP contribution in [-0.4, -0.2) is 7.28 Å². The van der Waals surface area contributed by atoms with Crippen LogP contribution in [-0.2, 0) is 0 Å². The van der Waals surface area contributed by atoms with E-state index in [9.17, 15) is 0 Å². The molecule has 0 fully saturated rings. The average Bonchev–Trinajstić information content (AvgIpc) is 2.56. The molecular formula is C13H30B. The summed E-state index contributed by atoms with van der Waals surface area (Å²) in [6, 6.07) is 0. The normalized spacial score (nSPS) is 12.4. The molecule has 0 bridgehead atoms. The monoisotopic (exact) mass is 197 g/mol. The molecule has 0 atom stereocenters. The summed E-state index contributed by atoms with van der Waals surface area (Å²) in [7, 11) is 2.34. The van der Waals surface area contributed by atoms with Crippen molar-refractivity contribution in [2.45, 2.75) is 73.4 Å². The van der Waals surface area contributed by atoms with Crippen LogP contribution < -0.4 is 0 Å². The molecule has 0 nitrogen and oxygen atoms in total. The third-order valence-electron chi connectivity index (χ3n) is 1.25. The highest BCUT2D eigenvalue weighted by atomic mass is 13.8. The predicted molar refractivity (Wildman–Crippen MR) is 72.4 cm³/mol. The van der Waals surface area contributed by atoms with Gasteiger partial charge in [0, 0.05) is 0 Å². The Morgan fingerprint density at radius 2 is 1.50 bits per heavy atom. The molecule has 0 aromatic heterocycles. The molecule has 0 aromatic rings. The van der Waals surface area contributed by atoms with Gasteiger partial charge in [0.1, 0.15) is 7.28 Å². The second-order valence-corrected chi connectivity index (χ2v) is 2.63. The molecule has 1 aliphatic rings. The Labute approximate surface area is 93.4 Å². The van der Waals surface area contributed by atoms with Crippen molar-refractivity contribution in [1.82, 2.24) is 0 Å². The molecule has 1 heteroatoms. The lowest BCUT2D eigenvalue weighted by Gasteiger charge is -1.84. The second-order valence-electron chi connectivity index (χ2n) is 2.63. The molecule has 1 aliphatic heterocycles. The van der Waals surface area contributed by atoms with Crippen molar-refractivity contribution < 1.29 is 0 Å². The van der Waals surface area contributed by atoms with Crippen molar-refractivity contribution in [3.05, 3.63) is 12.2 Å². The summed E-state index contributed by atoms with van der Waals surface area (Å²) >= 11 is 0. The van der Waals surface area contributed by atoms with Crippen molar-refractivity contribution in [1.29, 1.82) is 0 Å². The fraction of sp³-hybridized carbons (Fsp3) is 0.846. The Kier molecular flexibility index (Phi) is 40.6. The van der Waals surface area contributed by atoms with E-state index >= 15 is 0 Å². The average molecular weight is 197 g/mol. The van der Waals surface area contributed by atoms with Gasteiger partial charge in [-0.25, -0.2) is 0 Å². The number of hydrogen-bond donors (Lipinski definition) is 0. The molecule has 0 amide bonds. The summed E-state index contributed by atoms with van der Waals surface area (Å²) in [5.74, 6) is 0. The summed E-state index contributed by atoms with van der Waals surface area (Å²) in [5, 5.41) is 0. The zero-order valence-electron chi connectivity index (χ0n) is 11.3. The first kappa shape index (κ1) is 19.4. The van der Waals surface area contributed by atoms with Crippen LogP contribution in [0.4, 0.5) is 0 Å². The van der Waals surface area contributed by atoms with Gasteiger partial charge in [-0.3, -0.25) is 0 Å². The highest BCUT2D eigenvalue weighted by molar-refractivity contribution is 6.36. The van der Waals surface area contributed by atoms with E-state index in [2.05, 4.69) is 33.3 Å². The Hall–Kier alpha value is -0.195. The molecule has 0 aromatic carbocycles. The van der Waals surface area contributed by atoms with E-state index in [1.807, 2.05) is 27.7 Å². The van der Waals surface area contributed by atoms with Crippen LogP contribution in [0.5, 0.6) is 0 Å². The Bertz CT molecular complexity index is 69.3. The second kappa shape index (κ2) is 29.3. The molecule has 0 unspecified atom stereocenters. The van der Waals surface area contributed by atoms with E-state index < -0.39 is 0 Å². The van der Waals surface area contributed by atoms with Crippen molar-refractivity contribution in [2.24, 2.45) is 0 Å². The van der Waals surface area contributed by atoms with Crippen molar-refractivity contribution >= 4 is 7.28 Å². The lowest BCUT2D eigenvalue weighted by Crippen LogP contribution is -1.80. The predicted octanol–water partition coefficient (Wildman–Crippen LogP) is 5.35. The molecule has 1 rings (SSSR count). The third-order valence-corrected chi connectivity index (χ3v) is 1.25. The minimum Gasteiger partial charge on any atom is -0.0964 e. The quantitative estimate of drug-likeness (QED) is 0.363. The van der Waals surface area contributed by atoms with Crippen LogP contribution in [0.2, 0.25) is 12.6 Å². The summed E-state index contributed by atoms with van der Waals surface area (Å²) < 4.78 is 0. The first-order valence-corrected chi connectivity index (χ1v) is 6.38. The van der Waals surface area contributed by atoms with Gasteiger partial charge >= 0.3 is 0 Å². The molecule has 85 valence electrons. The maximum atomic E-state index is 2.34. The van der Waals surface area contributed by atoms with Gasteiger partial charge in [0.15, 0.2) is 0 Å². The van der Waals surface area contributed by atoms with E-state index in [4.69, 9.17) is 0 Å². The summed E-state index contributed by atoms with van der Waals surface area (Å²) in [6.45, 7) is 12.2. The smallest absolute Gasteiger partial charge is 0.0964 e. The summed E-state index contributed by atoms with van der Waals surface area (Å²) in [4.78, 5) is 0. The van der Waals surface area contributed by atoms with Crippen LogP contribution in [0.15, 0.2) is 12.2 Å². The minimum absolute atomic E-state index is 1.19. The standard InChI is InChI=1S/C6H10B.C3H8.2C2H6/c1-2-4-6-7-5-3-1;1-3-2;2*1-2/h1,3H,2,4-6H2;3H2,1-2H3;2*1-2H3. The van der Waals surface area contributed by atoms with E-state index in [0.29, 0.717) is 0 Å². The Morgan fingerprint density at radius 3 is 2.00 bits per heavy atom. The van der Waals surface area contributed by atoms with E-state index in [1.54, 1.807) is 0 Å². The van der Waals surface area contributed by atoms with Crippen LogP contribution in [0.1, 0.15) is 60.8 Å². The number of hydrogen-bond acceptors (Lipinski definition) is 0. The maximum Gasteiger partial charge on any atom is 0.114 e. The molecule has 0 aliphatic carbocycles. The van der Waals surface area contributed by atoms with Gasteiger partial charge in [-0.2, -0.15) is 0 Å². The molecule has 0 saturated heterocycles. The van der Waals surface area contributed by atoms with Gasteiger partial charge in [-0.15, -0.1) is 0 Å². The summed E-state index contributed by atoms with van der Waals surface area (Å²) in [5.41, 5.74) is 0. The molecule has 14 heavy (non-hydrogen) atoms. The fourth-order valence-electron chi connectivity index (χ4n) is 0.808. The molecular weight excluding hydrogens is 167 g/mol. The van der Waals surface area contributed by atoms with Crippen LogP contribution in [0, 0.1) is 0 Å². The lowest BCUT2D eigenvalue weighted by molar-refractivity contribution is 0.957. The van der Waals surface area contributed by atoms with Crippen molar-refractivity contribution in [2.75, 3.05) is 0 Å². The van der Waals surface area contributed by atoms with Gasteiger partial charge in [0.25, 0.3) is 0 Å². The van der Waals surface area contributed by atoms with Gasteiger partial charge in [-0.05, 0) is 6.42 Å². The first-order chi connectivity index (χ1) is 6.91. The highest BCUT2D eigenvalue weighted by Gasteiger charge is 1.90.